The summed E-state index contributed by atoms with van der Waals surface area (Å²) in [6.45, 7) is 1.32. The zero-order valence-corrected chi connectivity index (χ0v) is 14.3. The molecule has 0 spiro atoms. The van der Waals surface area contributed by atoms with Crippen molar-refractivity contribution in [3.05, 3.63) is 54.4 Å². The highest BCUT2D eigenvalue weighted by atomic mass is 16.5. The number of benzene rings is 1. The topological polar surface area (TPSA) is 72.4 Å². The number of rotatable bonds is 5. The highest BCUT2D eigenvalue weighted by molar-refractivity contribution is 5.95. The Balaban J connectivity index is 1.69. The van der Waals surface area contributed by atoms with Gasteiger partial charge in [-0.1, -0.05) is 0 Å². The summed E-state index contributed by atoms with van der Waals surface area (Å²) in [5.74, 6) is -0.185. The molecule has 2 heterocycles. The second kappa shape index (κ2) is 7.53. The van der Waals surface area contributed by atoms with Crippen LogP contribution in [0.3, 0.4) is 0 Å². The predicted molar refractivity (Wildman–Crippen MR) is 95.5 cm³/mol. The van der Waals surface area contributed by atoms with Gasteiger partial charge in [0.05, 0.1) is 12.0 Å². The molecule has 1 aliphatic heterocycles. The van der Waals surface area contributed by atoms with Crippen LogP contribution in [0, 0.1) is 0 Å². The number of nitrogens with one attached hydrogen (secondary N) is 2. The van der Waals surface area contributed by atoms with Gasteiger partial charge in [0, 0.05) is 43.9 Å². The van der Waals surface area contributed by atoms with Gasteiger partial charge in [0.2, 0.25) is 5.91 Å². The third kappa shape index (κ3) is 3.91. The molecule has 3 rings (SSSR count). The van der Waals surface area contributed by atoms with Crippen molar-refractivity contribution in [2.24, 2.45) is 0 Å². The first-order valence-electron chi connectivity index (χ1n) is 8.46. The fourth-order valence-electron chi connectivity index (χ4n) is 3.28. The average Bonchev–Trinajstić information content (AvgIpc) is 3.18. The molecule has 0 saturated carbocycles. The number of amides is 2. The van der Waals surface area contributed by atoms with E-state index in [4.69, 9.17) is 4.74 Å². The van der Waals surface area contributed by atoms with Crippen molar-refractivity contribution in [3.63, 3.8) is 0 Å². The monoisotopic (exact) mass is 341 g/mol. The van der Waals surface area contributed by atoms with Crippen LogP contribution in [-0.4, -0.2) is 36.6 Å². The first kappa shape index (κ1) is 17.2. The first-order valence-corrected chi connectivity index (χ1v) is 8.46. The van der Waals surface area contributed by atoms with E-state index < -0.39 is 0 Å². The molecule has 2 aromatic rings. The molecule has 25 heavy (non-hydrogen) atoms. The smallest absolute Gasteiger partial charge is 0.251 e. The molecule has 132 valence electrons. The molecule has 1 aromatic heterocycles. The lowest BCUT2D eigenvalue weighted by Crippen LogP contribution is -2.42. The van der Waals surface area contributed by atoms with Gasteiger partial charge in [-0.2, -0.15) is 0 Å². The summed E-state index contributed by atoms with van der Waals surface area (Å²) in [6.07, 6.45) is 6.03. The molecule has 0 radical (unpaired) electrons. The Kier molecular flexibility index (Phi) is 5.19. The van der Waals surface area contributed by atoms with Gasteiger partial charge in [-0.25, -0.2) is 0 Å². The number of anilines is 1. The van der Waals surface area contributed by atoms with Crippen molar-refractivity contribution in [2.75, 3.05) is 25.6 Å². The zero-order chi connectivity index (χ0) is 17.7. The van der Waals surface area contributed by atoms with E-state index in [-0.39, 0.29) is 17.4 Å². The maximum atomic E-state index is 12.6. The number of nitrogens with zero attached hydrogens (tertiary/aromatic N) is 1. The van der Waals surface area contributed by atoms with Gasteiger partial charge >= 0.3 is 0 Å². The fourth-order valence-corrected chi connectivity index (χ4v) is 3.28. The summed E-state index contributed by atoms with van der Waals surface area (Å²) in [4.78, 5) is 24.2. The van der Waals surface area contributed by atoms with Crippen LogP contribution in [0.25, 0.3) is 0 Å². The molecule has 2 N–H and O–H groups in total. The van der Waals surface area contributed by atoms with Gasteiger partial charge in [-0.15, -0.1) is 0 Å². The SMILES string of the molecule is CNC(=O)c1ccc(NC(=O)CC2(n3cccc3)CCOCC2)cc1. The Morgan fingerprint density at radius 2 is 1.76 bits per heavy atom. The summed E-state index contributed by atoms with van der Waals surface area (Å²) in [5.41, 5.74) is 1.01. The van der Waals surface area contributed by atoms with Gasteiger partial charge in [-0.05, 0) is 49.2 Å². The van der Waals surface area contributed by atoms with Crippen molar-refractivity contribution in [1.29, 1.82) is 0 Å². The Bertz CT molecular complexity index is 717. The van der Waals surface area contributed by atoms with E-state index in [2.05, 4.69) is 15.2 Å². The number of hydrogen-bond donors (Lipinski definition) is 2. The van der Waals surface area contributed by atoms with E-state index in [9.17, 15) is 9.59 Å². The Morgan fingerprint density at radius 3 is 2.36 bits per heavy atom. The molecule has 6 heteroatoms. The quantitative estimate of drug-likeness (QED) is 0.877. The third-order valence-electron chi connectivity index (χ3n) is 4.72. The van der Waals surface area contributed by atoms with E-state index in [1.165, 1.54) is 0 Å². The minimum atomic E-state index is -0.242. The summed E-state index contributed by atoms with van der Waals surface area (Å²) >= 11 is 0. The van der Waals surface area contributed by atoms with Crippen molar-refractivity contribution in [2.45, 2.75) is 24.8 Å². The molecule has 0 unspecified atom stereocenters. The van der Waals surface area contributed by atoms with Crippen LogP contribution in [0.15, 0.2) is 48.8 Å². The molecule has 1 aliphatic rings. The summed E-state index contributed by atoms with van der Waals surface area (Å²) in [5, 5.41) is 5.51. The minimum absolute atomic E-state index is 0.0386. The predicted octanol–water partition coefficient (Wildman–Crippen LogP) is 2.38. The molecular formula is C19H23N3O3. The highest BCUT2D eigenvalue weighted by Crippen LogP contribution is 2.33. The third-order valence-corrected chi connectivity index (χ3v) is 4.72. The zero-order valence-electron chi connectivity index (χ0n) is 14.3. The molecule has 1 fully saturated rings. The average molecular weight is 341 g/mol. The first-order chi connectivity index (χ1) is 12.1. The summed E-state index contributed by atoms with van der Waals surface area (Å²) < 4.78 is 7.61. The number of ether oxygens (including phenoxy) is 1. The Morgan fingerprint density at radius 1 is 1.12 bits per heavy atom. The van der Waals surface area contributed by atoms with Crippen LogP contribution >= 0.6 is 0 Å². The van der Waals surface area contributed by atoms with Crippen molar-refractivity contribution in [3.8, 4) is 0 Å². The lowest BCUT2D eigenvalue weighted by molar-refractivity contribution is -0.119. The number of carbonyl (C=O) groups is 2. The van der Waals surface area contributed by atoms with E-state index in [1.807, 2.05) is 24.5 Å². The van der Waals surface area contributed by atoms with Crippen molar-refractivity contribution in [1.82, 2.24) is 9.88 Å². The minimum Gasteiger partial charge on any atom is -0.381 e. The summed E-state index contributed by atoms with van der Waals surface area (Å²) in [7, 11) is 1.59. The van der Waals surface area contributed by atoms with Crippen LogP contribution in [0.5, 0.6) is 0 Å². The second-order valence-electron chi connectivity index (χ2n) is 6.31. The molecule has 2 amide bonds. The normalized spacial score (nSPS) is 16.2. The second-order valence-corrected chi connectivity index (χ2v) is 6.31. The lowest BCUT2D eigenvalue weighted by Gasteiger charge is -2.38. The van der Waals surface area contributed by atoms with Crippen LogP contribution in [-0.2, 0) is 15.1 Å². The van der Waals surface area contributed by atoms with Crippen LogP contribution in [0.2, 0.25) is 0 Å². The van der Waals surface area contributed by atoms with Gasteiger partial charge in [-0.3, -0.25) is 9.59 Å². The van der Waals surface area contributed by atoms with Gasteiger partial charge in [0.1, 0.15) is 0 Å². The Hall–Kier alpha value is -2.60. The molecule has 0 aliphatic carbocycles. The highest BCUT2D eigenvalue weighted by Gasteiger charge is 2.36. The van der Waals surface area contributed by atoms with Crippen LogP contribution < -0.4 is 10.6 Å². The van der Waals surface area contributed by atoms with Crippen LogP contribution in [0.4, 0.5) is 5.69 Å². The number of carbonyl (C=O) groups excluding carboxylic acids is 2. The van der Waals surface area contributed by atoms with E-state index in [0.29, 0.717) is 30.9 Å². The van der Waals surface area contributed by atoms with E-state index >= 15 is 0 Å². The van der Waals surface area contributed by atoms with E-state index in [1.54, 1.807) is 31.3 Å². The van der Waals surface area contributed by atoms with Crippen molar-refractivity contribution < 1.29 is 14.3 Å². The largest absolute Gasteiger partial charge is 0.381 e. The maximum absolute atomic E-state index is 12.6. The lowest BCUT2D eigenvalue weighted by atomic mass is 9.86. The molecular weight excluding hydrogens is 318 g/mol. The summed E-state index contributed by atoms with van der Waals surface area (Å²) in [6, 6.07) is 10.8. The van der Waals surface area contributed by atoms with Crippen molar-refractivity contribution >= 4 is 17.5 Å². The number of aromatic nitrogens is 1. The van der Waals surface area contributed by atoms with Gasteiger partial charge < -0.3 is 19.9 Å². The van der Waals surface area contributed by atoms with Crippen LogP contribution in [0.1, 0.15) is 29.6 Å². The Labute approximate surface area is 147 Å². The van der Waals surface area contributed by atoms with Gasteiger partial charge in [0.15, 0.2) is 0 Å². The maximum Gasteiger partial charge on any atom is 0.251 e. The van der Waals surface area contributed by atoms with E-state index in [0.717, 1.165) is 12.8 Å². The van der Waals surface area contributed by atoms with Gasteiger partial charge in [0.25, 0.3) is 5.91 Å². The number of hydrogen-bond acceptors (Lipinski definition) is 3. The molecule has 0 bridgehead atoms. The molecule has 0 atom stereocenters. The standard InChI is InChI=1S/C19H23N3O3/c1-20-18(24)15-4-6-16(7-5-15)21-17(23)14-19(8-12-25-13-9-19)22-10-2-3-11-22/h2-7,10-11H,8-9,12-14H2,1H3,(H,20,24)(H,21,23). The molecule has 6 nitrogen and oxygen atoms in total. The fraction of sp³-hybridized carbons (Fsp3) is 0.368. The molecule has 1 saturated heterocycles. The molecule has 1 aromatic carbocycles.